The Morgan fingerprint density at radius 1 is 1.25 bits per heavy atom. The molecule has 0 radical (unpaired) electrons. The first-order valence-electron chi connectivity index (χ1n) is 7.30. The van der Waals surface area contributed by atoms with Gasteiger partial charge in [0.25, 0.3) is 0 Å². The summed E-state index contributed by atoms with van der Waals surface area (Å²) in [6.45, 7) is 1.35. The Bertz CT molecular complexity index is 477. The Morgan fingerprint density at radius 3 is 2.75 bits per heavy atom. The molecule has 20 heavy (non-hydrogen) atoms. The van der Waals surface area contributed by atoms with E-state index in [1.54, 1.807) is 0 Å². The topological polar surface area (TPSA) is 55.8 Å². The molecule has 1 fully saturated rings. The van der Waals surface area contributed by atoms with Gasteiger partial charge in [-0.05, 0) is 31.7 Å². The Balaban J connectivity index is 1.48. The third-order valence-electron chi connectivity index (χ3n) is 4.36. The van der Waals surface area contributed by atoms with E-state index >= 15 is 0 Å². The highest BCUT2D eigenvalue weighted by Gasteiger charge is 2.29. The largest absolute Gasteiger partial charge is 0.493 e. The highest BCUT2D eigenvalue weighted by atomic mass is 16.5. The van der Waals surface area contributed by atoms with Crippen molar-refractivity contribution in [1.29, 1.82) is 0 Å². The number of fused-ring (bicyclic) bond motifs is 1. The van der Waals surface area contributed by atoms with Crippen LogP contribution in [0.15, 0.2) is 24.3 Å². The van der Waals surface area contributed by atoms with Crippen LogP contribution in [0.1, 0.15) is 37.2 Å². The molecule has 1 aliphatic carbocycles. The molecule has 1 N–H and O–H groups in total. The number of benzene rings is 1. The molecule has 1 aliphatic heterocycles. The molecular weight excluding hydrogens is 256 g/mol. The number of carboxylic acid groups (broad SMARTS) is 1. The summed E-state index contributed by atoms with van der Waals surface area (Å²) in [5.74, 6) is 0.436. The van der Waals surface area contributed by atoms with Gasteiger partial charge in [0.2, 0.25) is 0 Å². The van der Waals surface area contributed by atoms with Crippen LogP contribution in [-0.4, -0.2) is 30.4 Å². The van der Waals surface area contributed by atoms with E-state index in [1.165, 1.54) is 5.56 Å². The summed E-state index contributed by atoms with van der Waals surface area (Å²) in [7, 11) is 0. The molecule has 4 nitrogen and oxygen atoms in total. The fraction of sp³-hybridized carbons (Fsp3) is 0.562. The highest BCUT2D eigenvalue weighted by Crippen LogP contribution is 2.34. The van der Waals surface area contributed by atoms with Crippen molar-refractivity contribution in [2.45, 2.75) is 37.7 Å². The molecule has 0 bridgehead atoms. The van der Waals surface area contributed by atoms with Crippen molar-refractivity contribution >= 4 is 5.97 Å². The van der Waals surface area contributed by atoms with Gasteiger partial charge in [0.15, 0.2) is 0 Å². The van der Waals surface area contributed by atoms with Crippen LogP contribution in [0.2, 0.25) is 0 Å². The van der Waals surface area contributed by atoms with Gasteiger partial charge in [-0.25, -0.2) is 0 Å². The normalized spacial score (nSPS) is 28.7. The monoisotopic (exact) mass is 276 g/mol. The number of hydrogen-bond donors (Lipinski definition) is 1. The molecule has 2 aliphatic rings. The zero-order valence-corrected chi connectivity index (χ0v) is 11.5. The fourth-order valence-corrected chi connectivity index (χ4v) is 3.10. The SMILES string of the molecule is O=C(O)C1CCC(OCC2COc3ccccc32)CC1. The van der Waals surface area contributed by atoms with Gasteiger partial charge in [0, 0.05) is 11.5 Å². The second kappa shape index (κ2) is 5.83. The van der Waals surface area contributed by atoms with Crippen LogP contribution in [0.25, 0.3) is 0 Å². The van der Waals surface area contributed by atoms with E-state index in [0.29, 0.717) is 19.1 Å². The Kier molecular flexibility index (Phi) is 3.92. The highest BCUT2D eigenvalue weighted by molar-refractivity contribution is 5.70. The molecule has 0 aromatic heterocycles. The average molecular weight is 276 g/mol. The van der Waals surface area contributed by atoms with Gasteiger partial charge in [-0.15, -0.1) is 0 Å². The molecule has 1 aromatic carbocycles. The summed E-state index contributed by atoms with van der Waals surface area (Å²) in [5, 5.41) is 8.98. The van der Waals surface area contributed by atoms with Crippen molar-refractivity contribution in [1.82, 2.24) is 0 Å². The quantitative estimate of drug-likeness (QED) is 0.918. The van der Waals surface area contributed by atoms with E-state index in [9.17, 15) is 4.79 Å². The lowest BCUT2D eigenvalue weighted by Gasteiger charge is -2.27. The van der Waals surface area contributed by atoms with E-state index in [-0.39, 0.29) is 12.0 Å². The average Bonchev–Trinajstić information content (AvgIpc) is 2.89. The molecule has 1 atom stereocenters. The molecular formula is C16H20O4. The van der Waals surface area contributed by atoms with Crippen LogP contribution < -0.4 is 4.74 Å². The van der Waals surface area contributed by atoms with Gasteiger partial charge in [-0.2, -0.15) is 0 Å². The number of carbonyl (C=O) groups is 1. The van der Waals surface area contributed by atoms with E-state index in [4.69, 9.17) is 14.6 Å². The minimum absolute atomic E-state index is 0.176. The first kappa shape index (κ1) is 13.4. The van der Waals surface area contributed by atoms with Crippen LogP contribution in [0.4, 0.5) is 0 Å². The molecule has 4 heteroatoms. The van der Waals surface area contributed by atoms with E-state index < -0.39 is 5.97 Å². The van der Waals surface area contributed by atoms with E-state index in [1.807, 2.05) is 18.2 Å². The van der Waals surface area contributed by atoms with Crippen LogP contribution in [-0.2, 0) is 9.53 Å². The van der Waals surface area contributed by atoms with Crippen molar-refractivity contribution in [2.75, 3.05) is 13.2 Å². The maximum Gasteiger partial charge on any atom is 0.306 e. The van der Waals surface area contributed by atoms with Crippen molar-refractivity contribution < 1.29 is 19.4 Å². The van der Waals surface area contributed by atoms with Crippen LogP contribution in [0.3, 0.4) is 0 Å². The molecule has 1 aromatic rings. The van der Waals surface area contributed by atoms with Crippen molar-refractivity contribution in [3.63, 3.8) is 0 Å². The standard InChI is InChI=1S/C16H20O4/c17-16(18)11-5-7-13(8-6-11)19-9-12-10-20-15-4-2-1-3-14(12)15/h1-4,11-13H,5-10H2,(H,17,18). The number of rotatable bonds is 4. The smallest absolute Gasteiger partial charge is 0.306 e. The minimum Gasteiger partial charge on any atom is -0.493 e. The van der Waals surface area contributed by atoms with Crippen LogP contribution in [0, 0.1) is 5.92 Å². The predicted molar refractivity (Wildman–Crippen MR) is 74.0 cm³/mol. The first-order chi connectivity index (χ1) is 9.74. The lowest BCUT2D eigenvalue weighted by molar-refractivity contribution is -0.143. The van der Waals surface area contributed by atoms with Crippen molar-refractivity contribution in [3.8, 4) is 5.75 Å². The molecule has 0 saturated heterocycles. The van der Waals surface area contributed by atoms with Crippen molar-refractivity contribution in [3.05, 3.63) is 29.8 Å². The van der Waals surface area contributed by atoms with Gasteiger partial charge in [-0.1, -0.05) is 18.2 Å². The number of ether oxygens (including phenoxy) is 2. The van der Waals surface area contributed by atoms with Gasteiger partial charge in [-0.3, -0.25) is 4.79 Å². The van der Waals surface area contributed by atoms with Crippen LogP contribution >= 0.6 is 0 Å². The minimum atomic E-state index is -0.665. The third kappa shape index (κ3) is 2.80. The van der Waals surface area contributed by atoms with Gasteiger partial charge < -0.3 is 14.6 Å². The summed E-state index contributed by atoms with van der Waals surface area (Å²) in [6, 6.07) is 8.10. The molecule has 1 heterocycles. The molecule has 108 valence electrons. The molecule has 1 unspecified atom stereocenters. The molecule has 1 saturated carbocycles. The maximum absolute atomic E-state index is 10.9. The van der Waals surface area contributed by atoms with Gasteiger partial charge in [0.1, 0.15) is 5.75 Å². The summed E-state index contributed by atoms with van der Waals surface area (Å²) >= 11 is 0. The van der Waals surface area contributed by atoms with Crippen molar-refractivity contribution in [2.24, 2.45) is 5.92 Å². The van der Waals surface area contributed by atoms with E-state index in [2.05, 4.69) is 6.07 Å². The van der Waals surface area contributed by atoms with E-state index in [0.717, 1.165) is 31.4 Å². The summed E-state index contributed by atoms with van der Waals surface area (Å²) in [4.78, 5) is 10.9. The first-order valence-corrected chi connectivity index (χ1v) is 7.30. The Hall–Kier alpha value is -1.55. The molecule has 3 rings (SSSR count). The number of hydrogen-bond acceptors (Lipinski definition) is 3. The predicted octanol–water partition coefficient (Wildman–Crippen LogP) is 2.82. The fourth-order valence-electron chi connectivity index (χ4n) is 3.10. The summed E-state index contributed by atoms with van der Waals surface area (Å²) in [5.41, 5.74) is 1.23. The number of aliphatic carboxylic acids is 1. The number of carboxylic acids is 1. The molecule has 0 amide bonds. The number of para-hydroxylation sites is 1. The van der Waals surface area contributed by atoms with Gasteiger partial charge >= 0.3 is 5.97 Å². The lowest BCUT2D eigenvalue weighted by Crippen LogP contribution is -2.27. The Labute approximate surface area is 118 Å². The summed E-state index contributed by atoms with van der Waals surface area (Å²) < 4.78 is 11.6. The lowest BCUT2D eigenvalue weighted by atomic mass is 9.87. The molecule has 0 spiro atoms. The maximum atomic E-state index is 10.9. The zero-order chi connectivity index (χ0) is 13.9. The second-order valence-corrected chi connectivity index (χ2v) is 5.69. The van der Waals surface area contributed by atoms with Crippen LogP contribution in [0.5, 0.6) is 5.75 Å². The summed E-state index contributed by atoms with van der Waals surface area (Å²) in [6.07, 6.45) is 3.38. The van der Waals surface area contributed by atoms with Gasteiger partial charge in [0.05, 0.1) is 25.2 Å². The zero-order valence-electron chi connectivity index (χ0n) is 11.5. The Morgan fingerprint density at radius 2 is 2.00 bits per heavy atom. The third-order valence-corrected chi connectivity index (χ3v) is 4.36. The second-order valence-electron chi connectivity index (χ2n) is 5.69.